The second kappa shape index (κ2) is 8.09. The van der Waals surface area contributed by atoms with Crippen LogP contribution in [0, 0.1) is 0 Å². The average molecular weight is 281 g/mol. The van der Waals surface area contributed by atoms with Gasteiger partial charge in [0.1, 0.15) is 6.54 Å². The molecule has 0 spiro atoms. The molecule has 114 valence electrons. The van der Waals surface area contributed by atoms with E-state index in [4.69, 9.17) is 5.84 Å². The van der Waals surface area contributed by atoms with Gasteiger partial charge in [0.15, 0.2) is 0 Å². The van der Waals surface area contributed by atoms with Crippen molar-refractivity contribution in [3.8, 4) is 0 Å². The van der Waals surface area contributed by atoms with Gasteiger partial charge in [-0.05, 0) is 32.1 Å². The number of amides is 1. The van der Waals surface area contributed by atoms with Crippen LogP contribution in [0.2, 0.25) is 0 Å². The summed E-state index contributed by atoms with van der Waals surface area (Å²) in [5.41, 5.74) is 2.58. The molecule has 2 aliphatic rings. The first kappa shape index (κ1) is 15.1. The van der Waals surface area contributed by atoms with Crippen LogP contribution in [-0.2, 0) is 4.79 Å². The van der Waals surface area contributed by atoms with Crippen LogP contribution in [0.15, 0.2) is 4.99 Å². The van der Waals surface area contributed by atoms with E-state index in [1.807, 2.05) is 4.90 Å². The standard InChI is InChI=1S/C14H27N5O/c15-18-14(17-12-7-3-1-4-8-12)16-11-13(20)19-9-5-2-6-10-19/h12H,1-11,15H2,(H2,16,17,18). The lowest BCUT2D eigenvalue weighted by Gasteiger charge is -2.26. The Balaban J connectivity index is 1.78. The van der Waals surface area contributed by atoms with Gasteiger partial charge < -0.3 is 10.2 Å². The molecule has 0 aromatic heterocycles. The molecule has 0 bridgehead atoms. The lowest BCUT2D eigenvalue weighted by Crippen LogP contribution is -2.47. The van der Waals surface area contributed by atoms with Crippen molar-refractivity contribution in [3.63, 3.8) is 0 Å². The van der Waals surface area contributed by atoms with E-state index >= 15 is 0 Å². The van der Waals surface area contributed by atoms with Crippen molar-refractivity contribution in [2.24, 2.45) is 10.8 Å². The fraction of sp³-hybridized carbons (Fsp3) is 0.857. The third kappa shape index (κ3) is 4.67. The number of hydrogen-bond donors (Lipinski definition) is 3. The van der Waals surface area contributed by atoms with E-state index in [0.717, 1.165) is 38.8 Å². The minimum Gasteiger partial charge on any atom is -0.353 e. The molecule has 1 heterocycles. The number of rotatable bonds is 3. The second-order valence-electron chi connectivity index (χ2n) is 5.73. The van der Waals surface area contributed by atoms with Crippen molar-refractivity contribution in [3.05, 3.63) is 0 Å². The van der Waals surface area contributed by atoms with Crippen molar-refractivity contribution < 1.29 is 4.79 Å². The van der Waals surface area contributed by atoms with Crippen LogP contribution in [0.3, 0.4) is 0 Å². The lowest BCUT2D eigenvalue weighted by atomic mass is 9.96. The fourth-order valence-corrected chi connectivity index (χ4v) is 2.96. The Morgan fingerprint density at radius 1 is 1.10 bits per heavy atom. The molecule has 0 radical (unpaired) electrons. The minimum atomic E-state index is 0.0999. The summed E-state index contributed by atoms with van der Waals surface area (Å²) in [6, 6.07) is 0.434. The number of aliphatic imine (C=N–C) groups is 1. The predicted molar refractivity (Wildman–Crippen MR) is 80.1 cm³/mol. The van der Waals surface area contributed by atoms with Gasteiger partial charge in [0.05, 0.1) is 0 Å². The van der Waals surface area contributed by atoms with Crippen LogP contribution < -0.4 is 16.6 Å². The SMILES string of the molecule is NNC(=NCC(=O)N1CCCCC1)NC1CCCCC1. The highest BCUT2D eigenvalue weighted by Gasteiger charge is 2.17. The van der Waals surface area contributed by atoms with E-state index in [1.165, 1.54) is 25.7 Å². The molecule has 6 nitrogen and oxygen atoms in total. The third-order valence-corrected chi connectivity index (χ3v) is 4.16. The summed E-state index contributed by atoms with van der Waals surface area (Å²) in [5.74, 6) is 6.13. The lowest BCUT2D eigenvalue weighted by molar-refractivity contribution is -0.130. The van der Waals surface area contributed by atoms with Crippen LogP contribution in [0.5, 0.6) is 0 Å². The summed E-state index contributed by atoms with van der Waals surface area (Å²) in [5, 5.41) is 3.31. The molecule has 6 heteroatoms. The summed E-state index contributed by atoms with van der Waals surface area (Å²) in [4.78, 5) is 18.2. The Morgan fingerprint density at radius 3 is 2.40 bits per heavy atom. The molecule has 2 fully saturated rings. The molecule has 1 aliphatic heterocycles. The zero-order valence-corrected chi connectivity index (χ0v) is 12.2. The van der Waals surface area contributed by atoms with Gasteiger partial charge >= 0.3 is 0 Å². The Morgan fingerprint density at radius 2 is 1.75 bits per heavy atom. The first-order valence-electron chi connectivity index (χ1n) is 7.85. The van der Waals surface area contributed by atoms with Crippen molar-refractivity contribution in [1.82, 2.24) is 15.6 Å². The number of guanidine groups is 1. The smallest absolute Gasteiger partial charge is 0.244 e. The summed E-state index contributed by atoms with van der Waals surface area (Å²) < 4.78 is 0. The van der Waals surface area contributed by atoms with Crippen molar-refractivity contribution >= 4 is 11.9 Å². The van der Waals surface area contributed by atoms with Gasteiger partial charge in [0.2, 0.25) is 11.9 Å². The van der Waals surface area contributed by atoms with E-state index in [0.29, 0.717) is 12.0 Å². The first-order valence-corrected chi connectivity index (χ1v) is 7.85. The fourth-order valence-electron chi connectivity index (χ4n) is 2.96. The molecule has 1 aliphatic carbocycles. The maximum atomic E-state index is 12.0. The maximum Gasteiger partial charge on any atom is 0.244 e. The largest absolute Gasteiger partial charge is 0.353 e. The van der Waals surface area contributed by atoms with Crippen LogP contribution in [0.1, 0.15) is 51.4 Å². The number of carbonyl (C=O) groups is 1. The monoisotopic (exact) mass is 281 g/mol. The van der Waals surface area contributed by atoms with Crippen molar-refractivity contribution in [1.29, 1.82) is 0 Å². The van der Waals surface area contributed by atoms with Crippen LogP contribution in [-0.4, -0.2) is 42.4 Å². The van der Waals surface area contributed by atoms with Gasteiger partial charge in [0, 0.05) is 19.1 Å². The van der Waals surface area contributed by atoms with Crippen LogP contribution >= 0.6 is 0 Å². The van der Waals surface area contributed by atoms with E-state index in [1.54, 1.807) is 0 Å². The number of piperidine rings is 1. The molecule has 2 rings (SSSR count). The average Bonchev–Trinajstić information content (AvgIpc) is 2.53. The molecule has 20 heavy (non-hydrogen) atoms. The Bertz CT molecular complexity index is 332. The molecule has 0 unspecified atom stereocenters. The molecule has 0 aromatic carbocycles. The Labute approximate surface area is 121 Å². The zero-order valence-electron chi connectivity index (χ0n) is 12.2. The van der Waals surface area contributed by atoms with E-state index in [2.05, 4.69) is 15.7 Å². The van der Waals surface area contributed by atoms with E-state index < -0.39 is 0 Å². The first-order chi connectivity index (χ1) is 9.79. The highest BCUT2D eigenvalue weighted by Crippen LogP contribution is 2.17. The third-order valence-electron chi connectivity index (χ3n) is 4.16. The van der Waals surface area contributed by atoms with Gasteiger partial charge in [-0.1, -0.05) is 19.3 Å². The normalized spacial score (nSPS) is 21.6. The number of hydrazine groups is 1. The number of nitrogens with two attached hydrogens (primary N) is 1. The Kier molecular flexibility index (Phi) is 6.11. The van der Waals surface area contributed by atoms with Gasteiger partial charge in [-0.25, -0.2) is 10.8 Å². The molecule has 4 N–H and O–H groups in total. The summed E-state index contributed by atoms with van der Waals surface area (Å²) >= 11 is 0. The summed E-state index contributed by atoms with van der Waals surface area (Å²) in [6.45, 7) is 1.92. The number of nitrogens with zero attached hydrogens (tertiary/aromatic N) is 2. The van der Waals surface area contributed by atoms with Crippen LogP contribution in [0.4, 0.5) is 0 Å². The van der Waals surface area contributed by atoms with Crippen LogP contribution in [0.25, 0.3) is 0 Å². The molecule has 0 aromatic rings. The number of carbonyl (C=O) groups excluding carboxylic acids is 1. The highest BCUT2D eigenvalue weighted by atomic mass is 16.2. The number of nitrogens with one attached hydrogen (secondary N) is 2. The van der Waals surface area contributed by atoms with Gasteiger partial charge in [-0.15, -0.1) is 0 Å². The molecule has 1 amide bonds. The maximum absolute atomic E-state index is 12.0. The van der Waals surface area contributed by atoms with Gasteiger partial charge in [-0.2, -0.15) is 0 Å². The van der Waals surface area contributed by atoms with Gasteiger partial charge in [0.25, 0.3) is 0 Å². The molecular weight excluding hydrogens is 254 g/mol. The predicted octanol–water partition coefficient (Wildman–Crippen LogP) is 0.740. The van der Waals surface area contributed by atoms with Gasteiger partial charge in [-0.3, -0.25) is 10.2 Å². The highest BCUT2D eigenvalue weighted by molar-refractivity contribution is 5.84. The number of hydrogen-bond acceptors (Lipinski definition) is 3. The summed E-state index contributed by atoms with van der Waals surface area (Å²) in [6.07, 6.45) is 9.57. The summed E-state index contributed by atoms with van der Waals surface area (Å²) in [7, 11) is 0. The molecule has 1 saturated carbocycles. The quantitative estimate of drug-likeness (QED) is 0.308. The van der Waals surface area contributed by atoms with E-state index in [9.17, 15) is 4.79 Å². The molecule has 1 saturated heterocycles. The number of likely N-dealkylation sites (tertiary alicyclic amines) is 1. The van der Waals surface area contributed by atoms with Crippen molar-refractivity contribution in [2.75, 3.05) is 19.6 Å². The second-order valence-corrected chi connectivity index (χ2v) is 5.73. The topological polar surface area (TPSA) is 82.7 Å². The van der Waals surface area contributed by atoms with E-state index in [-0.39, 0.29) is 12.5 Å². The zero-order chi connectivity index (χ0) is 14.2. The minimum absolute atomic E-state index is 0.0999. The Hall–Kier alpha value is -1.30. The van der Waals surface area contributed by atoms with Crippen molar-refractivity contribution in [2.45, 2.75) is 57.4 Å². The molecule has 0 atom stereocenters. The molecular formula is C14H27N5O.